The normalized spacial score (nSPS) is 21.4. The maximum absolute atomic E-state index is 12.2. The molecule has 5 N–H and O–H groups in total. The van der Waals surface area contributed by atoms with Crippen molar-refractivity contribution in [3.8, 4) is 28.7 Å². The molecule has 0 spiro atoms. The van der Waals surface area contributed by atoms with Crippen molar-refractivity contribution in [2.45, 2.75) is 25.9 Å². The third-order valence-corrected chi connectivity index (χ3v) is 5.93. The van der Waals surface area contributed by atoms with Gasteiger partial charge in [0.15, 0.2) is 23.0 Å². The van der Waals surface area contributed by atoms with Crippen LogP contribution in [0.15, 0.2) is 24.3 Å². The first-order valence-corrected chi connectivity index (χ1v) is 11.3. The van der Waals surface area contributed by atoms with E-state index in [2.05, 4.69) is 11.3 Å². The van der Waals surface area contributed by atoms with Crippen LogP contribution < -0.4 is 35.0 Å². The fourth-order valence-electron chi connectivity index (χ4n) is 4.48. The highest BCUT2D eigenvalue weighted by Crippen LogP contribution is 2.53. The molecule has 2 aliphatic rings. The van der Waals surface area contributed by atoms with E-state index in [0.717, 1.165) is 17.4 Å². The van der Waals surface area contributed by atoms with Crippen LogP contribution in [-0.2, 0) is 4.79 Å². The van der Waals surface area contributed by atoms with E-state index in [4.69, 9.17) is 23.7 Å². The van der Waals surface area contributed by atoms with Crippen LogP contribution in [0.4, 0.5) is 0 Å². The Morgan fingerprint density at radius 1 is 1.03 bits per heavy atom. The number of fused-ring (bicyclic) bond motifs is 2. The first-order valence-electron chi connectivity index (χ1n) is 11.3. The molecule has 0 saturated heterocycles. The number of benzene rings is 2. The highest BCUT2D eigenvalue weighted by atomic mass is 16.7. The molecule has 0 bridgehead atoms. The summed E-state index contributed by atoms with van der Waals surface area (Å²) >= 11 is 0. The summed E-state index contributed by atoms with van der Waals surface area (Å²) in [5, 5.41) is 20.9. The van der Waals surface area contributed by atoms with E-state index in [1.54, 1.807) is 31.3 Å². The van der Waals surface area contributed by atoms with Crippen LogP contribution in [0.2, 0.25) is 0 Å². The number of carbonyl (C=O) groups excluding carboxylic acids is 1. The first-order chi connectivity index (χ1) is 17.0. The number of hydrogen-bond acceptors (Lipinski definition) is 10. The van der Waals surface area contributed by atoms with Crippen LogP contribution in [-0.4, -0.2) is 58.3 Å². The third kappa shape index (κ3) is 5.46. The summed E-state index contributed by atoms with van der Waals surface area (Å²) in [4.78, 5) is 12.2. The number of nitrogens with one attached hydrogen (secondary N) is 1. The van der Waals surface area contributed by atoms with Crippen LogP contribution in [0, 0.1) is 11.8 Å². The number of hydrogen-bond donors (Lipinski definition) is 4. The molecule has 0 aromatic heterocycles. The smallest absolute Gasteiger partial charge is 0.231 e. The number of carbonyl (C=O) groups is 1. The van der Waals surface area contributed by atoms with Gasteiger partial charge in [-0.2, -0.15) is 0 Å². The van der Waals surface area contributed by atoms with Crippen LogP contribution in [0.25, 0.3) is 0 Å². The van der Waals surface area contributed by atoms with Crippen LogP contribution in [0.1, 0.15) is 42.6 Å². The van der Waals surface area contributed by atoms with Gasteiger partial charge in [-0.15, -0.1) is 0 Å². The summed E-state index contributed by atoms with van der Waals surface area (Å²) in [5.41, 5.74) is 4.30. The molecule has 10 heteroatoms. The van der Waals surface area contributed by atoms with Crippen molar-refractivity contribution >= 4 is 6.29 Å². The quantitative estimate of drug-likeness (QED) is 0.269. The highest BCUT2D eigenvalue weighted by molar-refractivity contribution is 5.65. The second-order valence-electron chi connectivity index (χ2n) is 7.56. The van der Waals surface area contributed by atoms with Crippen molar-refractivity contribution < 1.29 is 38.7 Å². The van der Waals surface area contributed by atoms with E-state index in [1.165, 1.54) is 21.3 Å². The predicted octanol–water partition coefficient (Wildman–Crippen LogP) is 2.15. The van der Waals surface area contributed by atoms with Crippen molar-refractivity contribution in [1.29, 1.82) is 0 Å². The summed E-state index contributed by atoms with van der Waals surface area (Å²) in [7, 11) is 6.21. The summed E-state index contributed by atoms with van der Waals surface area (Å²) in [6.07, 6.45) is -0.237. The van der Waals surface area contributed by atoms with Crippen LogP contribution >= 0.6 is 0 Å². The zero-order valence-corrected chi connectivity index (χ0v) is 21.0. The Hall–Kier alpha value is -3.05. The summed E-state index contributed by atoms with van der Waals surface area (Å²) in [6.45, 7) is 3.74. The van der Waals surface area contributed by atoms with Gasteiger partial charge in [0.1, 0.15) is 6.29 Å². The first kappa shape index (κ1) is 28.2. The molecule has 0 fully saturated rings. The Balaban J connectivity index is 0.000000803. The van der Waals surface area contributed by atoms with Crippen LogP contribution in [0.5, 0.6) is 28.7 Å². The fourth-order valence-corrected chi connectivity index (χ4v) is 4.48. The number of aliphatic hydroxyl groups excluding tert-OH is 2. The SMILES string of the molecule is CC.CNN.COc1cc([C@@H]2c3cc4c(cc3[C@H](O)C(CO)C2C=O)OCO4)cc(OC)c1OC. The monoisotopic (exact) mass is 492 g/mol. The minimum atomic E-state index is -1.02. The Kier molecular flexibility index (Phi) is 10.6. The highest BCUT2D eigenvalue weighted by Gasteiger charge is 2.44. The maximum Gasteiger partial charge on any atom is 0.231 e. The molecule has 2 aromatic carbocycles. The third-order valence-electron chi connectivity index (χ3n) is 5.93. The van der Waals surface area contributed by atoms with Crippen molar-refractivity contribution in [3.05, 3.63) is 41.0 Å². The number of aliphatic hydroxyl groups is 2. The van der Waals surface area contributed by atoms with E-state index in [0.29, 0.717) is 34.3 Å². The zero-order valence-electron chi connectivity index (χ0n) is 21.0. The largest absolute Gasteiger partial charge is 0.493 e. The lowest BCUT2D eigenvalue weighted by atomic mass is 9.66. The van der Waals surface area contributed by atoms with Crippen molar-refractivity contribution in [2.75, 3.05) is 41.8 Å². The molecule has 1 heterocycles. The lowest BCUT2D eigenvalue weighted by Crippen LogP contribution is -2.37. The Labute approximate surface area is 205 Å². The summed E-state index contributed by atoms with van der Waals surface area (Å²) < 4.78 is 27.3. The van der Waals surface area contributed by atoms with E-state index in [1.807, 2.05) is 13.8 Å². The maximum atomic E-state index is 12.2. The lowest BCUT2D eigenvalue weighted by Gasteiger charge is -2.40. The van der Waals surface area contributed by atoms with Gasteiger partial charge in [-0.1, -0.05) is 13.8 Å². The summed E-state index contributed by atoms with van der Waals surface area (Å²) in [5.74, 6) is 5.17. The molecule has 35 heavy (non-hydrogen) atoms. The predicted molar refractivity (Wildman–Crippen MR) is 130 cm³/mol. The summed E-state index contributed by atoms with van der Waals surface area (Å²) in [6, 6.07) is 7.07. The number of aldehydes is 1. The van der Waals surface area contributed by atoms with E-state index < -0.39 is 23.9 Å². The van der Waals surface area contributed by atoms with Crippen LogP contribution in [0.3, 0.4) is 0 Å². The molecular formula is C25H36N2O8. The minimum Gasteiger partial charge on any atom is -0.493 e. The second-order valence-corrected chi connectivity index (χ2v) is 7.56. The molecule has 4 rings (SSSR count). The molecule has 10 nitrogen and oxygen atoms in total. The van der Waals surface area contributed by atoms with Gasteiger partial charge in [0.25, 0.3) is 0 Å². The average molecular weight is 493 g/mol. The number of nitrogens with two attached hydrogens (primary N) is 1. The van der Waals surface area contributed by atoms with E-state index >= 15 is 0 Å². The Morgan fingerprint density at radius 3 is 1.97 bits per heavy atom. The van der Waals surface area contributed by atoms with Gasteiger partial charge < -0.3 is 38.7 Å². The molecule has 1 aliphatic heterocycles. The molecule has 0 radical (unpaired) electrons. The fraction of sp³-hybridized carbons (Fsp3) is 0.480. The molecular weight excluding hydrogens is 456 g/mol. The number of ether oxygens (including phenoxy) is 5. The van der Waals surface area contributed by atoms with Gasteiger partial charge in [-0.3, -0.25) is 11.3 Å². The topological polar surface area (TPSA) is 142 Å². The van der Waals surface area contributed by atoms with Gasteiger partial charge in [-0.25, -0.2) is 0 Å². The van der Waals surface area contributed by atoms with Crippen molar-refractivity contribution in [1.82, 2.24) is 5.43 Å². The molecule has 0 saturated carbocycles. The average Bonchev–Trinajstić information content (AvgIpc) is 3.35. The number of rotatable bonds is 6. The Morgan fingerprint density at radius 2 is 1.54 bits per heavy atom. The van der Waals surface area contributed by atoms with Gasteiger partial charge in [-0.05, 0) is 48.0 Å². The standard InChI is InChI=1S/C22H24O8.C2H6.CH6N2/c1-26-18-4-11(5-19(27-2)22(18)28-3)20-12-6-16-17(30-10-29-16)7-13(12)21(25)15(9-24)14(20)8-23;1-2;1-3-2/h4-8,14-15,20-21,24-25H,9-10H2,1-3H3;1-2H3;3H,2H2,1H3/t14?,15?,20-,21+;;/m1../s1. The molecule has 2 unspecified atom stereocenters. The molecule has 0 amide bonds. The van der Waals surface area contributed by atoms with Gasteiger partial charge >= 0.3 is 0 Å². The van der Waals surface area contributed by atoms with E-state index in [9.17, 15) is 15.0 Å². The van der Waals surface area contributed by atoms with Crippen molar-refractivity contribution in [2.24, 2.45) is 17.7 Å². The molecule has 4 atom stereocenters. The number of methoxy groups -OCH3 is 3. The van der Waals surface area contributed by atoms with E-state index in [-0.39, 0.29) is 13.4 Å². The van der Waals surface area contributed by atoms with Crippen molar-refractivity contribution in [3.63, 3.8) is 0 Å². The second kappa shape index (κ2) is 13.1. The molecule has 2 aromatic rings. The lowest BCUT2D eigenvalue weighted by molar-refractivity contribution is -0.116. The van der Waals surface area contributed by atoms with Gasteiger partial charge in [0.2, 0.25) is 12.5 Å². The Bertz CT molecular complexity index is 959. The number of hydrazine groups is 1. The molecule has 194 valence electrons. The zero-order chi connectivity index (χ0) is 26.1. The minimum absolute atomic E-state index is 0.0870. The molecule has 1 aliphatic carbocycles. The van der Waals surface area contributed by atoms with Gasteiger partial charge in [0, 0.05) is 24.4 Å². The van der Waals surface area contributed by atoms with Gasteiger partial charge in [0.05, 0.1) is 27.4 Å².